The Bertz CT molecular complexity index is 420. The van der Waals surface area contributed by atoms with Crippen molar-refractivity contribution in [2.45, 2.75) is 109 Å². The van der Waals surface area contributed by atoms with Crippen LogP contribution in [0.25, 0.3) is 0 Å². The summed E-state index contributed by atoms with van der Waals surface area (Å²) < 4.78 is 0. The first kappa shape index (κ1) is 21.4. The Morgan fingerprint density at radius 2 is 1.56 bits per heavy atom. The van der Waals surface area contributed by atoms with Crippen LogP contribution in [0.2, 0.25) is 18.6 Å². The van der Waals surface area contributed by atoms with Gasteiger partial charge in [0.05, 0.1) is 0 Å². The predicted octanol–water partition coefficient (Wildman–Crippen LogP) is 7.69. The van der Waals surface area contributed by atoms with Gasteiger partial charge in [-0.1, -0.05) is 71.4 Å². The standard InChI is InChI=1S/C23H42SSi/c1-4-24-17-13-11-9-7-5-6-8-10-12-14-18-25(2,3)23-20-21-15-16-22(23)19-21/h21-23H,4-13,15-17,19-20H2,1-3H3. The maximum Gasteiger partial charge on any atom is 0.135 e. The van der Waals surface area contributed by atoms with Crippen LogP contribution in [0.3, 0.4) is 0 Å². The SMILES string of the molecule is CCSCCCCCCCCCCC#C[Si](C)(C)C1CC2CCC1C2. The maximum absolute atomic E-state index is 3.81. The smallest absolute Gasteiger partial charge is 0.135 e. The third kappa shape index (κ3) is 7.72. The number of hydrogen-bond acceptors (Lipinski definition) is 1. The molecule has 0 amide bonds. The minimum Gasteiger partial charge on any atom is -0.162 e. The number of fused-ring (bicyclic) bond motifs is 2. The van der Waals surface area contributed by atoms with Crippen molar-refractivity contribution >= 4 is 19.8 Å². The van der Waals surface area contributed by atoms with Crippen LogP contribution in [0.1, 0.15) is 90.4 Å². The van der Waals surface area contributed by atoms with Crippen molar-refractivity contribution in [1.29, 1.82) is 0 Å². The molecule has 0 spiro atoms. The molecule has 0 aromatic carbocycles. The molecule has 25 heavy (non-hydrogen) atoms. The molecule has 3 unspecified atom stereocenters. The third-order valence-electron chi connectivity index (χ3n) is 6.62. The van der Waals surface area contributed by atoms with Crippen molar-refractivity contribution < 1.29 is 0 Å². The van der Waals surface area contributed by atoms with E-state index in [0.29, 0.717) is 0 Å². The molecule has 2 rings (SSSR count). The molecule has 2 heteroatoms. The van der Waals surface area contributed by atoms with E-state index in [1.54, 1.807) is 6.42 Å². The molecule has 0 saturated heterocycles. The van der Waals surface area contributed by atoms with Crippen molar-refractivity contribution in [3.8, 4) is 11.5 Å². The summed E-state index contributed by atoms with van der Waals surface area (Å²) in [7, 11) is -1.29. The molecule has 2 saturated carbocycles. The Hall–Kier alpha value is 0.127. The second-order valence-corrected chi connectivity index (χ2v) is 14.9. The first-order valence-electron chi connectivity index (χ1n) is 11.2. The van der Waals surface area contributed by atoms with E-state index in [9.17, 15) is 0 Å². The molecule has 0 aliphatic heterocycles. The molecule has 144 valence electrons. The van der Waals surface area contributed by atoms with Crippen molar-refractivity contribution in [2.24, 2.45) is 11.8 Å². The number of rotatable bonds is 12. The molecule has 0 heterocycles. The minimum atomic E-state index is -1.29. The molecular formula is C23H42SSi. The summed E-state index contributed by atoms with van der Waals surface area (Å²) in [6, 6.07) is 0. The maximum atomic E-state index is 3.81. The van der Waals surface area contributed by atoms with Gasteiger partial charge < -0.3 is 0 Å². The van der Waals surface area contributed by atoms with E-state index < -0.39 is 8.07 Å². The Morgan fingerprint density at radius 3 is 2.16 bits per heavy atom. The fourth-order valence-corrected chi connectivity index (χ4v) is 9.00. The topological polar surface area (TPSA) is 0 Å². The van der Waals surface area contributed by atoms with E-state index in [2.05, 4.69) is 43.2 Å². The van der Waals surface area contributed by atoms with Crippen molar-refractivity contribution in [2.75, 3.05) is 11.5 Å². The first-order valence-corrected chi connectivity index (χ1v) is 15.4. The Labute approximate surface area is 163 Å². The monoisotopic (exact) mass is 378 g/mol. The summed E-state index contributed by atoms with van der Waals surface area (Å²) in [6.45, 7) is 7.35. The molecule has 0 radical (unpaired) electrons. The highest BCUT2D eigenvalue weighted by molar-refractivity contribution is 7.99. The van der Waals surface area contributed by atoms with Crippen LogP contribution in [0.15, 0.2) is 0 Å². The lowest BCUT2D eigenvalue weighted by atomic mass is 10.0. The van der Waals surface area contributed by atoms with Crippen LogP contribution in [0, 0.1) is 23.3 Å². The van der Waals surface area contributed by atoms with Crippen molar-refractivity contribution in [1.82, 2.24) is 0 Å². The molecule has 2 aliphatic rings. The normalized spacial score (nSPS) is 25.2. The summed E-state index contributed by atoms with van der Waals surface area (Å²) >= 11 is 2.09. The van der Waals surface area contributed by atoms with Gasteiger partial charge in [0.1, 0.15) is 8.07 Å². The average Bonchev–Trinajstić information content (AvgIpc) is 3.22. The van der Waals surface area contributed by atoms with E-state index in [1.165, 1.54) is 82.1 Å². The van der Waals surface area contributed by atoms with Gasteiger partial charge in [-0.05, 0) is 54.6 Å². The quantitative estimate of drug-likeness (QED) is 0.190. The Kier molecular flexibility index (Phi) is 10.1. The summed E-state index contributed by atoms with van der Waals surface area (Å²) in [5.74, 6) is 8.39. The highest BCUT2D eigenvalue weighted by Gasteiger charge is 2.46. The van der Waals surface area contributed by atoms with E-state index in [0.717, 1.165) is 23.8 Å². The summed E-state index contributed by atoms with van der Waals surface area (Å²) in [6.07, 6.45) is 18.6. The molecule has 2 bridgehead atoms. The summed E-state index contributed by atoms with van der Waals surface area (Å²) in [4.78, 5) is 0. The summed E-state index contributed by atoms with van der Waals surface area (Å²) in [5.41, 5.74) is 4.83. The second kappa shape index (κ2) is 11.8. The Balaban J connectivity index is 1.45. The van der Waals surface area contributed by atoms with Crippen LogP contribution in [-0.4, -0.2) is 19.6 Å². The molecular weight excluding hydrogens is 336 g/mol. The van der Waals surface area contributed by atoms with Gasteiger partial charge in [-0.25, -0.2) is 0 Å². The van der Waals surface area contributed by atoms with Gasteiger partial charge in [0.2, 0.25) is 0 Å². The van der Waals surface area contributed by atoms with Gasteiger partial charge >= 0.3 is 0 Å². The van der Waals surface area contributed by atoms with Gasteiger partial charge in [-0.3, -0.25) is 0 Å². The minimum absolute atomic E-state index is 1.02. The fourth-order valence-electron chi connectivity index (χ4n) is 5.13. The van der Waals surface area contributed by atoms with Crippen LogP contribution >= 0.6 is 11.8 Å². The zero-order valence-corrected chi connectivity index (χ0v) is 19.1. The van der Waals surface area contributed by atoms with Crippen molar-refractivity contribution in [3.63, 3.8) is 0 Å². The molecule has 0 aromatic rings. The lowest BCUT2D eigenvalue weighted by Crippen LogP contribution is -2.34. The lowest BCUT2D eigenvalue weighted by molar-refractivity contribution is 0.471. The molecule has 0 nitrogen and oxygen atoms in total. The summed E-state index contributed by atoms with van der Waals surface area (Å²) in [5, 5.41) is 0. The third-order valence-corrected chi connectivity index (χ3v) is 11.0. The van der Waals surface area contributed by atoms with E-state index in [-0.39, 0.29) is 0 Å². The zero-order valence-electron chi connectivity index (χ0n) is 17.2. The van der Waals surface area contributed by atoms with Gasteiger partial charge in [0.15, 0.2) is 0 Å². The average molecular weight is 379 g/mol. The lowest BCUT2D eigenvalue weighted by Gasteiger charge is -2.31. The predicted molar refractivity (Wildman–Crippen MR) is 119 cm³/mol. The van der Waals surface area contributed by atoms with E-state index in [4.69, 9.17) is 0 Å². The highest BCUT2D eigenvalue weighted by atomic mass is 32.2. The van der Waals surface area contributed by atoms with Gasteiger partial charge in [0, 0.05) is 6.42 Å². The number of hydrogen-bond donors (Lipinski definition) is 0. The number of thioether (sulfide) groups is 1. The van der Waals surface area contributed by atoms with Crippen LogP contribution in [-0.2, 0) is 0 Å². The van der Waals surface area contributed by atoms with Gasteiger partial charge in [-0.2, -0.15) is 11.8 Å². The molecule has 0 N–H and O–H groups in total. The molecule has 2 aliphatic carbocycles. The van der Waals surface area contributed by atoms with E-state index >= 15 is 0 Å². The van der Waals surface area contributed by atoms with Crippen LogP contribution < -0.4 is 0 Å². The first-order chi connectivity index (χ1) is 12.1. The highest BCUT2D eigenvalue weighted by Crippen LogP contribution is 2.55. The largest absolute Gasteiger partial charge is 0.162 e. The van der Waals surface area contributed by atoms with E-state index in [1.807, 2.05) is 0 Å². The number of unbranched alkanes of at least 4 members (excludes halogenated alkanes) is 8. The van der Waals surface area contributed by atoms with Gasteiger partial charge in [-0.15, -0.1) is 11.5 Å². The fraction of sp³-hybridized carbons (Fsp3) is 0.913. The van der Waals surface area contributed by atoms with Crippen molar-refractivity contribution in [3.05, 3.63) is 0 Å². The van der Waals surface area contributed by atoms with Crippen LogP contribution in [0.4, 0.5) is 0 Å². The Morgan fingerprint density at radius 1 is 0.880 bits per heavy atom. The molecule has 3 atom stereocenters. The molecule has 2 fully saturated rings. The molecule has 0 aromatic heterocycles. The second-order valence-electron chi connectivity index (χ2n) is 9.08. The van der Waals surface area contributed by atoms with Crippen LogP contribution in [0.5, 0.6) is 0 Å². The van der Waals surface area contributed by atoms with Gasteiger partial charge in [0.25, 0.3) is 0 Å². The zero-order chi connectivity index (χ0) is 18.0.